The van der Waals surface area contributed by atoms with Crippen LogP contribution in [0.3, 0.4) is 0 Å². The van der Waals surface area contributed by atoms with Crippen molar-refractivity contribution < 1.29 is 30.5 Å². The molecule has 1 fully saturated rings. The van der Waals surface area contributed by atoms with Crippen molar-refractivity contribution in [1.82, 2.24) is 0 Å². The average molecular weight is 609 g/mol. The molecule has 0 saturated heterocycles. The molecule has 0 amide bonds. The summed E-state index contributed by atoms with van der Waals surface area (Å²) in [6, 6.07) is 6.55. The van der Waals surface area contributed by atoms with Gasteiger partial charge in [0.15, 0.2) is 0 Å². The van der Waals surface area contributed by atoms with Crippen LogP contribution in [0.2, 0.25) is 0 Å². The zero-order valence-electron chi connectivity index (χ0n) is 21.8. The summed E-state index contributed by atoms with van der Waals surface area (Å²) in [4.78, 5) is 19.1. The SMILES string of the molecule is CC(C)c1cccc(C(C)C)c1[N]=[Ta].CC1C(C)C(C)C(C)C1C.O=[C-]CCCC[C-]=O. The van der Waals surface area contributed by atoms with E-state index in [9.17, 15) is 9.59 Å². The molecule has 32 heavy (non-hydrogen) atoms. The Morgan fingerprint density at radius 2 is 1.06 bits per heavy atom. The normalized spacial score (nSPS) is 24.2. The van der Waals surface area contributed by atoms with E-state index in [0.717, 1.165) is 63.3 Å². The fraction of sp³-hybridized carbons (Fsp3) is 0.714. The first-order valence-electron chi connectivity index (χ1n) is 12.2. The summed E-state index contributed by atoms with van der Waals surface area (Å²) in [6.07, 6.45) is 5.91. The van der Waals surface area contributed by atoms with Crippen LogP contribution in [-0.2, 0) is 30.5 Å². The summed E-state index contributed by atoms with van der Waals surface area (Å²) >= 11 is 1.09. The standard InChI is InChI=1S/C12H17N.C10H20.C6H8O2.Ta/c1-8(2)10-6-5-7-11(9(3)4)12(10)13;1-6-7(2)9(4)10(5)8(6)3;7-5-3-1-2-4-6-8;/h5-9H,1-4H3;6-10H,1-5H3;1-4H2;/q;;-2;. The van der Waals surface area contributed by atoms with E-state index >= 15 is 0 Å². The maximum absolute atomic E-state index is 9.54. The Kier molecular flexibility index (Phi) is 16.2. The second-order valence-electron chi connectivity index (χ2n) is 9.99. The number of hydrogen-bond acceptors (Lipinski definition) is 3. The Labute approximate surface area is 210 Å². The van der Waals surface area contributed by atoms with Crippen LogP contribution in [-0.4, -0.2) is 12.6 Å². The fourth-order valence-corrected chi connectivity index (χ4v) is 5.25. The van der Waals surface area contributed by atoms with Gasteiger partial charge in [0.1, 0.15) is 0 Å². The second-order valence-corrected chi connectivity index (χ2v) is 10.7. The quantitative estimate of drug-likeness (QED) is 0.221. The number of carbonyl (C=O) groups excluding carboxylic acids is 2. The summed E-state index contributed by atoms with van der Waals surface area (Å²) in [6.45, 7) is 20.9. The molecule has 0 aliphatic heterocycles. The average Bonchev–Trinajstić information content (AvgIpc) is 2.94. The fourth-order valence-electron chi connectivity index (χ4n) is 4.42. The minimum Gasteiger partial charge on any atom is -0.542 e. The molecule has 0 atom stereocenters. The first-order valence-corrected chi connectivity index (χ1v) is 13.7. The van der Waals surface area contributed by atoms with E-state index < -0.39 is 0 Å². The summed E-state index contributed by atoms with van der Waals surface area (Å²) in [5.74, 6) is 5.81. The van der Waals surface area contributed by atoms with E-state index in [1.807, 2.05) is 0 Å². The predicted octanol–water partition coefficient (Wildman–Crippen LogP) is 8.24. The molecule has 0 heterocycles. The van der Waals surface area contributed by atoms with Crippen molar-refractivity contribution in [2.75, 3.05) is 0 Å². The van der Waals surface area contributed by atoms with Gasteiger partial charge < -0.3 is 9.59 Å². The van der Waals surface area contributed by atoms with Crippen molar-refractivity contribution in [1.29, 1.82) is 0 Å². The Bertz CT molecular complexity index is 605. The first kappa shape index (κ1) is 31.1. The largest absolute Gasteiger partial charge is 0.542 e. The van der Waals surface area contributed by atoms with Crippen molar-refractivity contribution in [2.45, 2.75) is 99.8 Å². The van der Waals surface area contributed by atoms with Crippen LogP contribution in [0, 0.1) is 29.6 Å². The molecule has 1 aliphatic rings. The maximum atomic E-state index is 9.54. The van der Waals surface area contributed by atoms with Gasteiger partial charge in [0.2, 0.25) is 0 Å². The molecule has 0 N–H and O–H groups in total. The molecule has 0 bridgehead atoms. The Morgan fingerprint density at radius 1 is 0.750 bits per heavy atom. The van der Waals surface area contributed by atoms with Crippen molar-refractivity contribution in [2.24, 2.45) is 32.9 Å². The van der Waals surface area contributed by atoms with E-state index in [0.29, 0.717) is 24.7 Å². The van der Waals surface area contributed by atoms with Crippen LogP contribution in [0.25, 0.3) is 0 Å². The van der Waals surface area contributed by atoms with Gasteiger partial charge in [-0.25, -0.2) is 0 Å². The zero-order valence-corrected chi connectivity index (χ0v) is 25.0. The Balaban J connectivity index is 0.000000472. The van der Waals surface area contributed by atoms with Gasteiger partial charge in [0.25, 0.3) is 0 Å². The Morgan fingerprint density at radius 3 is 1.28 bits per heavy atom. The van der Waals surface area contributed by atoms with Crippen molar-refractivity contribution in [3.05, 3.63) is 29.3 Å². The molecule has 1 aromatic carbocycles. The van der Waals surface area contributed by atoms with Gasteiger partial charge in [0.05, 0.1) is 0 Å². The maximum Gasteiger partial charge on any atom is -0.0386 e. The van der Waals surface area contributed by atoms with Gasteiger partial charge in [0, 0.05) is 0 Å². The summed E-state index contributed by atoms with van der Waals surface area (Å²) in [7, 11) is 0. The minimum atomic E-state index is 0.446. The molecule has 3 nitrogen and oxygen atoms in total. The van der Waals surface area contributed by atoms with Gasteiger partial charge in [-0.1, -0.05) is 47.5 Å². The summed E-state index contributed by atoms with van der Waals surface area (Å²) in [5.41, 5.74) is 4.02. The van der Waals surface area contributed by atoms with Crippen molar-refractivity contribution in [3.63, 3.8) is 0 Å². The van der Waals surface area contributed by atoms with E-state index in [4.69, 9.17) is 0 Å². The first-order chi connectivity index (χ1) is 15.0. The molecule has 0 spiro atoms. The van der Waals surface area contributed by atoms with Crippen LogP contribution >= 0.6 is 0 Å². The second kappa shape index (κ2) is 16.7. The topological polar surface area (TPSA) is 46.5 Å². The number of nitrogens with zero attached hydrogens (tertiary/aromatic N) is 1. The van der Waals surface area contributed by atoms with Crippen molar-refractivity contribution in [3.8, 4) is 0 Å². The molecule has 1 aliphatic carbocycles. The van der Waals surface area contributed by atoms with Crippen LogP contribution in [0.15, 0.2) is 21.5 Å². The number of unbranched alkanes of at least 4 members (excludes halogenated alkanes) is 3. The van der Waals surface area contributed by atoms with Crippen molar-refractivity contribution >= 4 is 18.3 Å². The molecule has 0 radical (unpaired) electrons. The van der Waals surface area contributed by atoms with Gasteiger partial charge in [-0.05, 0) is 29.6 Å². The predicted molar refractivity (Wildman–Crippen MR) is 132 cm³/mol. The summed E-state index contributed by atoms with van der Waals surface area (Å²) in [5, 5.41) is 0. The zero-order chi connectivity index (χ0) is 24.8. The van der Waals surface area contributed by atoms with Crippen LogP contribution in [0.4, 0.5) is 5.69 Å². The van der Waals surface area contributed by atoms with Gasteiger partial charge in [-0.3, -0.25) is 12.6 Å². The number of hydrogen-bond donors (Lipinski definition) is 0. The third-order valence-electron chi connectivity index (χ3n) is 7.40. The monoisotopic (exact) mass is 608 g/mol. The smallest absolute Gasteiger partial charge is 0.0386 e. The molecular formula is C28H45NO2Ta-2. The van der Waals surface area contributed by atoms with Gasteiger partial charge in [-0.2, -0.15) is 12.8 Å². The van der Waals surface area contributed by atoms with E-state index in [2.05, 4.69) is 83.9 Å². The van der Waals surface area contributed by atoms with Gasteiger partial charge in [-0.15, -0.1) is 0 Å². The van der Waals surface area contributed by atoms with Crippen LogP contribution in [0.1, 0.15) is 111 Å². The van der Waals surface area contributed by atoms with E-state index in [1.54, 1.807) is 12.6 Å². The number of benzene rings is 1. The molecule has 0 aromatic heterocycles. The molecular weight excluding hydrogens is 563 g/mol. The van der Waals surface area contributed by atoms with E-state index in [1.165, 1.54) is 16.8 Å². The van der Waals surface area contributed by atoms with Crippen LogP contribution < -0.4 is 0 Å². The molecule has 1 aromatic rings. The molecule has 2 rings (SSSR count). The summed E-state index contributed by atoms with van der Waals surface area (Å²) < 4.78 is 4.52. The third-order valence-corrected chi connectivity index (χ3v) is 8.12. The molecule has 1 saturated carbocycles. The molecule has 0 unspecified atom stereocenters. The molecule has 4 heteroatoms. The van der Waals surface area contributed by atoms with E-state index in [-0.39, 0.29) is 0 Å². The molecule has 181 valence electrons. The Hall–Kier alpha value is -0.900. The van der Waals surface area contributed by atoms with Gasteiger partial charge >= 0.3 is 98.8 Å². The van der Waals surface area contributed by atoms with Crippen LogP contribution in [0.5, 0.6) is 0 Å². The number of rotatable bonds is 8. The third kappa shape index (κ3) is 9.93. The minimum absolute atomic E-state index is 0.446.